The molecule has 2 nitrogen and oxygen atoms in total. The van der Waals surface area contributed by atoms with Crippen molar-refractivity contribution in [3.05, 3.63) is 22.2 Å². The van der Waals surface area contributed by atoms with Gasteiger partial charge in [0.2, 0.25) is 0 Å². The molecule has 0 bridgehead atoms. The van der Waals surface area contributed by atoms with E-state index in [0.717, 1.165) is 0 Å². The normalized spacial score (nSPS) is 8.70. The maximum Gasteiger partial charge on any atom is 0.106 e. The molecule has 0 spiro atoms. The van der Waals surface area contributed by atoms with Crippen LogP contribution in [0.2, 0.25) is 10.4 Å². The average molecular weight is 251 g/mol. The first-order valence-corrected chi connectivity index (χ1v) is 3.03. The van der Waals surface area contributed by atoms with E-state index in [9.17, 15) is 0 Å². The van der Waals surface area contributed by atoms with Crippen LogP contribution in [-0.4, -0.2) is 9.97 Å². The molecule has 1 heterocycles. The Balaban J connectivity index is 0.000000810. The summed E-state index contributed by atoms with van der Waals surface area (Å²) in [4.78, 5) is 7.25. The number of rotatable bonds is 0. The molecule has 51 valence electrons. The quantitative estimate of drug-likeness (QED) is 0.399. The van der Waals surface area contributed by atoms with Gasteiger partial charge in [-0.25, -0.2) is 0 Å². The Morgan fingerprint density at radius 2 is 2.00 bits per heavy atom. The SMILES string of the molecule is Cc1[c-]nc(Cl)nc1Cl.[Y]. The second-order valence-electron chi connectivity index (χ2n) is 1.52. The summed E-state index contributed by atoms with van der Waals surface area (Å²) in [5.41, 5.74) is 0.709. The number of hydrogen-bond donors (Lipinski definition) is 0. The molecule has 0 N–H and O–H groups in total. The molecule has 0 aromatic carbocycles. The van der Waals surface area contributed by atoms with Gasteiger partial charge < -0.3 is 9.97 Å². The van der Waals surface area contributed by atoms with Crippen LogP contribution in [0.25, 0.3) is 0 Å². The van der Waals surface area contributed by atoms with Crippen LogP contribution in [0, 0.1) is 13.1 Å². The zero-order valence-corrected chi connectivity index (χ0v) is 9.58. The van der Waals surface area contributed by atoms with E-state index in [0.29, 0.717) is 10.7 Å². The van der Waals surface area contributed by atoms with Gasteiger partial charge in [-0.15, -0.1) is 28.8 Å². The molecule has 1 aromatic rings. The molecule has 0 fully saturated rings. The molecule has 0 aliphatic carbocycles. The first-order valence-electron chi connectivity index (χ1n) is 2.27. The fourth-order valence-corrected chi connectivity index (χ4v) is 0.658. The van der Waals surface area contributed by atoms with Gasteiger partial charge in [0, 0.05) is 37.9 Å². The third-order valence-electron chi connectivity index (χ3n) is 0.816. The molecule has 0 aliphatic rings. The maximum atomic E-state index is 5.55. The summed E-state index contributed by atoms with van der Waals surface area (Å²) in [6, 6.07) is 0. The van der Waals surface area contributed by atoms with Crippen molar-refractivity contribution in [2.75, 3.05) is 0 Å². The zero-order chi connectivity index (χ0) is 6.85. The largest absolute Gasteiger partial charge is 0.359 e. The molecule has 1 rings (SSSR count). The molecule has 10 heavy (non-hydrogen) atoms. The van der Waals surface area contributed by atoms with Gasteiger partial charge in [0.05, 0.1) is 0 Å². The van der Waals surface area contributed by atoms with Crippen molar-refractivity contribution >= 4 is 23.2 Å². The van der Waals surface area contributed by atoms with Crippen LogP contribution >= 0.6 is 23.2 Å². The van der Waals surface area contributed by atoms with Gasteiger partial charge in [0.25, 0.3) is 0 Å². The molecule has 1 aromatic heterocycles. The first-order chi connectivity index (χ1) is 4.20. The van der Waals surface area contributed by atoms with Crippen molar-refractivity contribution in [3.63, 3.8) is 0 Å². The van der Waals surface area contributed by atoms with Crippen molar-refractivity contribution in [1.82, 2.24) is 9.97 Å². The van der Waals surface area contributed by atoms with Crippen LogP contribution in [0.1, 0.15) is 5.56 Å². The minimum Gasteiger partial charge on any atom is -0.359 e. The number of aryl methyl sites for hydroxylation is 1. The van der Waals surface area contributed by atoms with Gasteiger partial charge in [-0.1, -0.05) is 13.1 Å². The van der Waals surface area contributed by atoms with Crippen molar-refractivity contribution in [2.45, 2.75) is 6.92 Å². The Hall–Kier alpha value is 0.764. The minimum atomic E-state index is 0. The smallest absolute Gasteiger partial charge is 0.106 e. The molecule has 0 saturated carbocycles. The van der Waals surface area contributed by atoms with E-state index in [-0.39, 0.29) is 38.0 Å². The number of halogens is 2. The predicted octanol–water partition coefficient (Wildman–Crippen LogP) is 1.89. The Kier molecular flexibility index (Phi) is 4.95. The van der Waals surface area contributed by atoms with Crippen molar-refractivity contribution in [1.29, 1.82) is 0 Å². The van der Waals surface area contributed by atoms with Crippen molar-refractivity contribution in [3.8, 4) is 0 Å². The summed E-state index contributed by atoms with van der Waals surface area (Å²) in [6.07, 6.45) is 2.59. The van der Waals surface area contributed by atoms with E-state index in [1.54, 1.807) is 6.92 Å². The van der Waals surface area contributed by atoms with E-state index in [2.05, 4.69) is 16.2 Å². The Morgan fingerprint density at radius 3 is 2.40 bits per heavy atom. The minimum absolute atomic E-state index is 0. The van der Waals surface area contributed by atoms with Gasteiger partial charge in [-0.2, -0.15) is 0 Å². The first kappa shape index (κ1) is 10.8. The van der Waals surface area contributed by atoms with Crippen molar-refractivity contribution in [2.24, 2.45) is 0 Å². The fraction of sp³-hybridized carbons (Fsp3) is 0.200. The molecule has 0 unspecified atom stereocenters. The summed E-state index contributed by atoms with van der Waals surface area (Å²) in [5.74, 6) is 0. The van der Waals surface area contributed by atoms with Gasteiger partial charge in [0.1, 0.15) is 5.28 Å². The van der Waals surface area contributed by atoms with Crippen LogP contribution in [0.5, 0.6) is 0 Å². The van der Waals surface area contributed by atoms with E-state index < -0.39 is 0 Å². The van der Waals surface area contributed by atoms with E-state index >= 15 is 0 Å². The predicted molar refractivity (Wildman–Crippen MR) is 35.6 cm³/mol. The van der Waals surface area contributed by atoms with E-state index in [4.69, 9.17) is 23.2 Å². The summed E-state index contributed by atoms with van der Waals surface area (Å²) >= 11 is 10.9. The third kappa shape index (κ3) is 2.79. The molecule has 0 saturated heterocycles. The topological polar surface area (TPSA) is 25.8 Å². The molecule has 0 aliphatic heterocycles. The molecule has 0 amide bonds. The Morgan fingerprint density at radius 1 is 1.40 bits per heavy atom. The molecular weight excluding hydrogens is 248 g/mol. The van der Waals surface area contributed by atoms with Crippen LogP contribution in [0.15, 0.2) is 0 Å². The van der Waals surface area contributed by atoms with E-state index in [1.165, 1.54) is 0 Å². The fourth-order valence-electron chi connectivity index (χ4n) is 0.366. The van der Waals surface area contributed by atoms with Crippen LogP contribution in [0.3, 0.4) is 0 Å². The van der Waals surface area contributed by atoms with Gasteiger partial charge >= 0.3 is 0 Å². The zero-order valence-electron chi connectivity index (χ0n) is 5.23. The summed E-state index contributed by atoms with van der Waals surface area (Å²) in [5, 5.41) is 0.487. The molecule has 5 heteroatoms. The summed E-state index contributed by atoms with van der Waals surface area (Å²) in [7, 11) is 0. The number of aromatic nitrogens is 2. The van der Waals surface area contributed by atoms with Gasteiger partial charge in [0.15, 0.2) is 0 Å². The van der Waals surface area contributed by atoms with Crippen LogP contribution < -0.4 is 0 Å². The summed E-state index contributed by atoms with van der Waals surface area (Å²) < 4.78 is 0. The van der Waals surface area contributed by atoms with Gasteiger partial charge in [-0.3, -0.25) is 0 Å². The van der Waals surface area contributed by atoms with Gasteiger partial charge in [-0.05, 0) is 0 Å². The van der Waals surface area contributed by atoms with Crippen LogP contribution in [-0.2, 0) is 32.7 Å². The molecule has 0 atom stereocenters. The standard InChI is InChI=1S/C5H3Cl2N2.Y/c1-3-2-8-5(7)9-4(3)6;/h1H3;/q-1;. The number of nitrogens with zero attached hydrogens (tertiary/aromatic N) is 2. The third-order valence-corrected chi connectivity index (χ3v) is 1.35. The molecular formula is C5H3Cl2N2Y-. The second kappa shape index (κ2) is 4.60. The average Bonchev–Trinajstić information content (AvgIpc) is 1.80. The molecule has 1 radical (unpaired) electrons. The second-order valence-corrected chi connectivity index (χ2v) is 2.22. The summed E-state index contributed by atoms with van der Waals surface area (Å²) in [6.45, 7) is 1.76. The van der Waals surface area contributed by atoms with Crippen molar-refractivity contribution < 1.29 is 32.7 Å². The Bertz CT molecular complexity index is 229. The van der Waals surface area contributed by atoms with E-state index in [1.807, 2.05) is 0 Å². The monoisotopic (exact) mass is 250 g/mol. The maximum absolute atomic E-state index is 5.55. The van der Waals surface area contributed by atoms with Crippen LogP contribution in [0.4, 0.5) is 0 Å². The number of hydrogen-bond acceptors (Lipinski definition) is 2. The Labute approximate surface area is 94.2 Å².